The van der Waals surface area contributed by atoms with Crippen LogP contribution in [-0.2, 0) is 19.3 Å². The van der Waals surface area contributed by atoms with Gasteiger partial charge in [-0.2, -0.15) is 5.26 Å². The first-order valence-electron chi connectivity index (χ1n) is 26.6. The number of hydrogen-bond donors (Lipinski definition) is 1. The van der Waals surface area contributed by atoms with Gasteiger partial charge in [0.05, 0.1) is 30.4 Å². The highest BCUT2D eigenvalue weighted by molar-refractivity contribution is 5.59. The number of aromatic nitrogens is 1. The van der Waals surface area contributed by atoms with Gasteiger partial charge in [0.15, 0.2) is 0 Å². The highest BCUT2D eigenvalue weighted by Crippen LogP contribution is 2.64. The topological polar surface area (TPSA) is 47.2 Å². The van der Waals surface area contributed by atoms with Crippen molar-refractivity contribution >= 4 is 6.08 Å². The maximum absolute atomic E-state index is 11.6. The van der Waals surface area contributed by atoms with Crippen LogP contribution >= 0.6 is 0 Å². The predicted octanol–water partition coefficient (Wildman–Crippen LogP) is 12.4. The molecule has 2 aliphatic heterocycles. The fourth-order valence-corrected chi connectivity index (χ4v) is 18.2. The molecule has 14 unspecified atom stereocenters. The molecule has 0 bridgehead atoms. The van der Waals surface area contributed by atoms with E-state index in [1.165, 1.54) is 134 Å². The summed E-state index contributed by atoms with van der Waals surface area (Å²) in [5.41, 5.74) is 10.3. The Morgan fingerprint density at radius 1 is 0.661 bits per heavy atom. The van der Waals surface area contributed by atoms with Crippen LogP contribution in [0.3, 0.4) is 0 Å². The van der Waals surface area contributed by atoms with Crippen LogP contribution in [0.15, 0.2) is 53.7 Å². The van der Waals surface area contributed by atoms with Gasteiger partial charge < -0.3 is 4.57 Å². The summed E-state index contributed by atoms with van der Waals surface area (Å²) >= 11 is 0. The van der Waals surface area contributed by atoms with Gasteiger partial charge in [-0.05, 0) is 197 Å². The third kappa shape index (κ3) is 6.13. The van der Waals surface area contributed by atoms with Crippen molar-refractivity contribution in [2.75, 3.05) is 0 Å². The molecule has 0 spiro atoms. The molecule has 12 rings (SSSR count). The zero-order valence-electron chi connectivity index (χ0n) is 39.0. The molecule has 1 aromatic rings. The number of piperidine rings is 1. The minimum absolute atomic E-state index is 0.132. The smallest absolute Gasteiger partial charge is 0.0867 e. The molecule has 0 radical (unpaired) electrons. The second-order valence-corrected chi connectivity index (χ2v) is 23.9. The van der Waals surface area contributed by atoms with Crippen LogP contribution in [0.5, 0.6) is 0 Å². The van der Waals surface area contributed by atoms with E-state index < -0.39 is 0 Å². The summed E-state index contributed by atoms with van der Waals surface area (Å²) in [7, 11) is 0. The Morgan fingerprint density at radius 3 is 2.37 bits per heavy atom. The summed E-state index contributed by atoms with van der Waals surface area (Å²) < 4.78 is 2.82. The van der Waals surface area contributed by atoms with E-state index in [9.17, 15) is 5.26 Å². The van der Waals surface area contributed by atoms with E-state index in [1.807, 2.05) is 0 Å². The maximum atomic E-state index is 11.6. The molecule has 5 nitrogen and oxygen atoms in total. The first kappa shape index (κ1) is 40.8. The Morgan fingerprint density at radius 2 is 1.50 bits per heavy atom. The van der Waals surface area contributed by atoms with Gasteiger partial charge in [-0.1, -0.05) is 89.5 Å². The van der Waals surface area contributed by atoms with Gasteiger partial charge in [0.1, 0.15) is 0 Å². The summed E-state index contributed by atoms with van der Waals surface area (Å²) in [4.78, 5) is 6.34. The lowest BCUT2D eigenvalue weighted by molar-refractivity contribution is -0.125. The molecule has 332 valence electrons. The average Bonchev–Trinajstić information content (AvgIpc) is 3.75. The Bertz CT molecular complexity index is 2100. The molecule has 0 aromatic carbocycles. The van der Waals surface area contributed by atoms with Crippen LogP contribution in [0.1, 0.15) is 178 Å². The molecule has 14 atom stereocenters. The number of fused-ring (bicyclic) bond motifs is 8. The quantitative estimate of drug-likeness (QED) is 0.300. The number of allylic oxidation sites excluding steroid dienone is 6. The van der Waals surface area contributed by atoms with Crippen molar-refractivity contribution in [2.24, 2.45) is 52.3 Å². The monoisotopic (exact) mass is 834 g/mol. The predicted molar refractivity (Wildman–Crippen MR) is 253 cm³/mol. The molecule has 9 aliphatic carbocycles. The zero-order chi connectivity index (χ0) is 41.9. The number of nitrogens with zero attached hydrogens (tertiary/aromatic N) is 4. The SMILES string of the molecule is CC1(C)C2CCC=CC2N(C2CC(n3c4c(c5c3CCCC5)CCC=C4)C(C#N)C=C2C2NC(C3=CCCCC3)N2C2CCCC3C4CC=CCC4C(C)(C)C32)C2CCCCC21. The molecule has 3 heterocycles. The van der Waals surface area contributed by atoms with E-state index in [-0.39, 0.29) is 18.1 Å². The molecule has 62 heavy (non-hydrogen) atoms. The fraction of sp³-hybridized carbons (Fsp3) is 0.737. The van der Waals surface area contributed by atoms with Crippen LogP contribution in [0.2, 0.25) is 0 Å². The van der Waals surface area contributed by atoms with E-state index in [0.29, 0.717) is 47.1 Å². The van der Waals surface area contributed by atoms with Crippen molar-refractivity contribution in [3.63, 3.8) is 0 Å². The number of likely N-dealkylation sites (tertiary alicyclic amines) is 1. The van der Waals surface area contributed by atoms with Gasteiger partial charge >= 0.3 is 0 Å². The fourth-order valence-electron chi connectivity index (χ4n) is 18.2. The Kier molecular flexibility index (Phi) is 10.4. The van der Waals surface area contributed by atoms with Crippen molar-refractivity contribution in [1.82, 2.24) is 19.7 Å². The normalized spacial score (nSPS) is 43.1. The molecule has 1 aromatic heterocycles. The minimum Gasteiger partial charge on any atom is -0.340 e. The van der Waals surface area contributed by atoms with Crippen molar-refractivity contribution in [1.29, 1.82) is 5.26 Å². The molecule has 11 aliphatic rings. The number of rotatable bonds is 5. The molecule has 5 fully saturated rings. The number of hydrogen-bond acceptors (Lipinski definition) is 4. The lowest BCUT2D eigenvalue weighted by Gasteiger charge is -2.65. The molecule has 1 N–H and O–H groups in total. The summed E-state index contributed by atoms with van der Waals surface area (Å²) in [5, 5.41) is 16.0. The highest BCUT2D eigenvalue weighted by Gasteiger charge is 2.63. The van der Waals surface area contributed by atoms with Crippen LogP contribution in [0, 0.1) is 63.6 Å². The van der Waals surface area contributed by atoms with Crippen LogP contribution in [0.25, 0.3) is 6.08 Å². The van der Waals surface area contributed by atoms with Crippen LogP contribution in [-0.4, -0.2) is 50.9 Å². The molecule has 5 heteroatoms. The van der Waals surface area contributed by atoms with Gasteiger partial charge in [0, 0.05) is 35.6 Å². The molecule has 3 saturated carbocycles. The minimum atomic E-state index is -0.132. The average molecular weight is 834 g/mol. The Balaban J connectivity index is 1.01. The largest absolute Gasteiger partial charge is 0.340 e. The van der Waals surface area contributed by atoms with Gasteiger partial charge in [0.2, 0.25) is 0 Å². The summed E-state index contributed by atoms with van der Waals surface area (Å²) in [5.74, 6) is 4.47. The van der Waals surface area contributed by atoms with Gasteiger partial charge in [-0.15, -0.1) is 0 Å². The summed E-state index contributed by atoms with van der Waals surface area (Å²) in [6.45, 7) is 10.7. The lowest BCUT2D eigenvalue weighted by Crippen LogP contribution is -2.77. The third-order valence-electron chi connectivity index (χ3n) is 20.8. The van der Waals surface area contributed by atoms with Crippen LogP contribution < -0.4 is 5.32 Å². The van der Waals surface area contributed by atoms with Crippen molar-refractivity contribution in [3.05, 3.63) is 76.2 Å². The molecular formula is C57H79N5. The summed E-state index contributed by atoms with van der Waals surface area (Å²) in [6.07, 6.45) is 49.3. The summed E-state index contributed by atoms with van der Waals surface area (Å²) in [6, 6.07) is 5.19. The highest BCUT2D eigenvalue weighted by atomic mass is 15.5. The van der Waals surface area contributed by atoms with E-state index >= 15 is 0 Å². The Labute approximate surface area is 375 Å². The van der Waals surface area contributed by atoms with E-state index in [4.69, 9.17) is 0 Å². The van der Waals surface area contributed by atoms with E-state index in [1.54, 1.807) is 28.0 Å². The van der Waals surface area contributed by atoms with Gasteiger partial charge in [0.25, 0.3) is 0 Å². The maximum Gasteiger partial charge on any atom is 0.0867 e. The lowest BCUT2D eigenvalue weighted by atomic mass is 9.54. The number of nitriles is 1. The van der Waals surface area contributed by atoms with Crippen molar-refractivity contribution < 1.29 is 0 Å². The Hall–Kier alpha value is -2.65. The van der Waals surface area contributed by atoms with Crippen molar-refractivity contribution in [2.45, 2.75) is 211 Å². The first-order valence-corrected chi connectivity index (χ1v) is 26.6. The first-order chi connectivity index (χ1) is 30.3. The molecule has 0 amide bonds. The van der Waals surface area contributed by atoms with E-state index in [0.717, 1.165) is 42.4 Å². The zero-order valence-corrected chi connectivity index (χ0v) is 39.0. The van der Waals surface area contributed by atoms with Crippen LogP contribution in [0.4, 0.5) is 0 Å². The third-order valence-corrected chi connectivity index (χ3v) is 20.8. The van der Waals surface area contributed by atoms with E-state index in [2.05, 4.69) is 102 Å². The van der Waals surface area contributed by atoms with Crippen molar-refractivity contribution in [3.8, 4) is 6.07 Å². The van der Waals surface area contributed by atoms with Gasteiger partial charge in [-0.3, -0.25) is 15.1 Å². The second-order valence-electron chi connectivity index (χ2n) is 23.9. The van der Waals surface area contributed by atoms with Gasteiger partial charge in [-0.25, -0.2) is 0 Å². The molecular weight excluding hydrogens is 755 g/mol. The molecule has 2 saturated heterocycles. The second kappa shape index (κ2) is 15.8. The standard InChI is InChI=1S/C57H79N5/c1-56(2)44-26-12-16-30-48(44)61(49-31-17-13-27-45(49)56)52-34-51(60-46-28-14-9-22-39(46)40-23-10-15-29-47(40)60)37(35-58)33-42(52)55-59-54(36-19-6-5-7-20-36)62(55)50-32-18-24-41-38-21-8-11-25-43(38)57(3,4)53(41)50/h8,11,14,16,19,28,30,33,37-38,41,43-45,48-55,59H,5-7,9-10,12-13,15,17-18,20-27,29,31-32,34H2,1-4H3. The number of nitrogens with one attached hydrogen (secondary N) is 1.